The summed E-state index contributed by atoms with van der Waals surface area (Å²) in [7, 11) is 0. The van der Waals surface area contributed by atoms with Gasteiger partial charge in [0, 0.05) is 40.8 Å². The molecule has 0 heterocycles. The fourth-order valence-corrected chi connectivity index (χ4v) is 0.321. The molecule has 0 bridgehead atoms. The van der Waals surface area contributed by atoms with Crippen molar-refractivity contribution in [3.8, 4) is 0 Å². The topological polar surface area (TPSA) is 0 Å². The second-order valence-electron chi connectivity index (χ2n) is 1.83. The first-order valence-corrected chi connectivity index (χ1v) is 4.12. The van der Waals surface area contributed by atoms with Gasteiger partial charge in [-0.25, -0.2) is 70.9 Å². The van der Waals surface area contributed by atoms with Gasteiger partial charge in [0.1, 0.15) is 0 Å². The number of hydrogen-bond acceptors (Lipinski definition) is 0. The predicted molar refractivity (Wildman–Crippen MR) is 68.7 cm³/mol. The van der Waals surface area contributed by atoms with E-state index in [1.54, 1.807) is 0 Å². The normalized spacial score (nSPS) is 5.07. The Morgan fingerprint density at radius 3 is 1.07 bits per heavy atom. The maximum Gasteiger partial charge on any atom is 0 e. The molecule has 84 valence electrons. The maximum atomic E-state index is 3.25. The summed E-state index contributed by atoms with van der Waals surface area (Å²) in [4.78, 5) is 0. The Balaban J connectivity index is -0.0000000550. The summed E-state index contributed by atoms with van der Waals surface area (Å²) in [5, 5.41) is 0. The predicted octanol–water partition coefficient (Wildman–Crippen LogP) is 4.42. The third kappa shape index (κ3) is 87.6. The Bertz CT molecular complexity index is 142. The molecule has 1 aromatic carbocycles. The van der Waals surface area contributed by atoms with Crippen molar-refractivity contribution in [2.75, 3.05) is 0 Å². The Hall–Kier alpha value is -0.469. The minimum absolute atomic E-state index is 0. The summed E-state index contributed by atoms with van der Waals surface area (Å²) in [5.74, 6) is 0. The van der Waals surface area contributed by atoms with Crippen molar-refractivity contribution >= 4 is 0 Å². The third-order valence-corrected chi connectivity index (χ3v) is 0.556. The van der Waals surface area contributed by atoms with E-state index in [4.69, 9.17) is 0 Å². The monoisotopic (exact) mass is 330 g/mol. The number of allylic oxidation sites excluding steroid dienone is 3. The zero-order valence-corrected chi connectivity index (χ0v) is 12.6. The van der Waals surface area contributed by atoms with Crippen LogP contribution in [0.2, 0.25) is 0 Å². The van der Waals surface area contributed by atoms with E-state index in [2.05, 4.69) is 40.5 Å². The van der Waals surface area contributed by atoms with Crippen LogP contribution in [0.1, 0.15) is 0 Å². The van der Waals surface area contributed by atoms with Crippen molar-refractivity contribution in [1.82, 2.24) is 0 Å². The number of rotatable bonds is 0. The molecule has 0 amide bonds. The molecule has 1 heteroatoms. The van der Waals surface area contributed by atoms with Gasteiger partial charge < -0.3 is 0 Å². The molecule has 0 N–H and O–H groups in total. The van der Waals surface area contributed by atoms with Gasteiger partial charge in [-0.15, -0.1) is 0 Å². The van der Waals surface area contributed by atoms with E-state index in [0.717, 1.165) is 0 Å². The minimum Gasteiger partial charge on any atom is -0.245 e. The van der Waals surface area contributed by atoms with Crippen molar-refractivity contribution in [2.45, 2.75) is 0 Å². The fraction of sp³-hybridized carbons (Fsp3) is 0. The van der Waals surface area contributed by atoms with Crippen LogP contribution in [0.5, 0.6) is 0 Å². The van der Waals surface area contributed by atoms with Crippen molar-refractivity contribution in [3.05, 3.63) is 89.1 Å². The SMILES string of the molecule is C=C[CH2-].C=C[CH2-].C=C[CH2-].[Nd].c1cc[cH-]c1. The van der Waals surface area contributed by atoms with Crippen LogP contribution in [0.3, 0.4) is 0 Å². The zero-order valence-electron chi connectivity index (χ0n) is 9.36. The molecule has 1 aromatic rings. The van der Waals surface area contributed by atoms with Crippen molar-refractivity contribution in [2.24, 2.45) is 0 Å². The molecule has 0 saturated heterocycles. The molecule has 0 spiro atoms. The van der Waals surface area contributed by atoms with Crippen LogP contribution in [0.15, 0.2) is 68.3 Å². The van der Waals surface area contributed by atoms with Gasteiger partial charge >= 0.3 is 0 Å². The molecular formula is C14H20Nd-4. The van der Waals surface area contributed by atoms with Gasteiger partial charge in [0.2, 0.25) is 0 Å². The van der Waals surface area contributed by atoms with Crippen molar-refractivity contribution in [3.63, 3.8) is 0 Å². The van der Waals surface area contributed by atoms with Gasteiger partial charge in [0.05, 0.1) is 0 Å². The van der Waals surface area contributed by atoms with E-state index in [0.29, 0.717) is 0 Å². The quantitative estimate of drug-likeness (QED) is 0.617. The standard InChI is InChI=1S/C5H5.3C3H5.Nd/c1-2-4-5-3-1;3*1-3-2;/h1-5H;3*3H,1-2H2;/q4*-1;. The molecule has 0 nitrogen and oxygen atoms in total. The summed E-state index contributed by atoms with van der Waals surface area (Å²) in [6.07, 6.45) is 4.50. The van der Waals surface area contributed by atoms with Gasteiger partial charge in [-0.1, -0.05) is 0 Å². The molecule has 0 fully saturated rings. The molecule has 0 aliphatic rings. The zero-order chi connectivity index (χ0) is 11.7. The summed E-state index contributed by atoms with van der Waals surface area (Å²) in [6, 6.07) is 10.0. The number of hydrogen-bond donors (Lipinski definition) is 0. The molecule has 0 aliphatic carbocycles. The molecule has 0 atom stereocenters. The maximum absolute atomic E-state index is 3.25. The van der Waals surface area contributed by atoms with E-state index in [1.165, 1.54) is 18.2 Å². The Morgan fingerprint density at radius 2 is 1.00 bits per heavy atom. The van der Waals surface area contributed by atoms with Crippen LogP contribution in [-0.4, -0.2) is 0 Å². The smallest absolute Gasteiger partial charge is 0 e. The van der Waals surface area contributed by atoms with Crippen molar-refractivity contribution < 1.29 is 40.8 Å². The third-order valence-electron chi connectivity index (χ3n) is 0.556. The van der Waals surface area contributed by atoms with Crippen LogP contribution >= 0.6 is 0 Å². The van der Waals surface area contributed by atoms with Crippen LogP contribution in [0.4, 0.5) is 0 Å². The van der Waals surface area contributed by atoms with E-state index in [1.807, 2.05) is 30.3 Å². The van der Waals surface area contributed by atoms with E-state index < -0.39 is 0 Å². The van der Waals surface area contributed by atoms with Crippen LogP contribution in [0.25, 0.3) is 0 Å². The Kier molecular flexibility index (Phi) is 59.9. The first-order valence-electron chi connectivity index (χ1n) is 4.12. The van der Waals surface area contributed by atoms with E-state index in [9.17, 15) is 0 Å². The molecule has 0 saturated carbocycles. The van der Waals surface area contributed by atoms with Gasteiger partial charge in [-0.3, -0.25) is 0 Å². The minimum atomic E-state index is 0. The average Bonchev–Trinajstić information content (AvgIpc) is 2.63. The molecular weight excluding hydrogens is 312 g/mol. The molecule has 15 heavy (non-hydrogen) atoms. The largest absolute Gasteiger partial charge is 0.245 e. The van der Waals surface area contributed by atoms with Gasteiger partial charge in [0.25, 0.3) is 0 Å². The summed E-state index contributed by atoms with van der Waals surface area (Å²) in [5.41, 5.74) is 0. The van der Waals surface area contributed by atoms with Gasteiger partial charge in [-0.2, -0.15) is 18.2 Å². The van der Waals surface area contributed by atoms with Crippen LogP contribution in [-0.2, 0) is 0 Å². The second kappa shape index (κ2) is 37.5. The molecule has 0 radical (unpaired) electrons. The summed E-state index contributed by atoms with van der Waals surface area (Å²) < 4.78 is 0. The molecule has 0 aromatic heterocycles. The first kappa shape index (κ1) is 24.0. The summed E-state index contributed by atoms with van der Waals surface area (Å²) >= 11 is 0. The molecule has 0 aliphatic heterocycles. The van der Waals surface area contributed by atoms with E-state index in [-0.39, 0.29) is 40.8 Å². The Labute approximate surface area is 129 Å². The summed E-state index contributed by atoms with van der Waals surface area (Å²) in [6.45, 7) is 19.5. The molecule has 0 unspecified atom stereocenters. The van der Waals surface area contributed by atoms with Gasteiger partial charge in [-0.05, 0) is 0 Å². The van der Waals surface area contributed by atoms with Crippen molar-refractivity contribution in [1.29, 1.82) is 0 Å². The molecule has 1 rings (SSSR count). The first-order chi connectivity index (χ1) is 6.74. The fourth-order valence-electron chi connectivity index (χ4n) is 0.321. The average molecular weight is 333 g/mol. The van der Waals surface area contributed by atoms with Gasteiger partial charge in [0.15, 0.2) is 0 Å². The Morgan fingerprint density at radius 1 is 0.800 bits per heavy atom. The second-order valence-corrected chi connectivity index (χ2v) is 1.83. The van der Waals surface area contributed by atoms with Crippen LogP contribution in [0, 0.1) is 61.6 Å². The van der Waals surface area contributed by atoms with E-state index >= 15 is 0 Å². The van der Waals surface area contributed by atoms with Crippen LogP contribution < -0.4 is 0 Å².